The van der Waals surface area contributed by atoms with Gasteiger partial charge in [0.25, 0.3) is 5.91 Å². The molecule has 1 amide bonds. The molecule has 8 nitrogen and oxygen atoms in total. The minimum atomic E-state index is -4.08. The summed E-state index contributed by atoms with van der Waals surface area (Å²) in [6.45, 7) is 5.49. The number of rotatable bonds is 3. The molecule has 0 saturated heterocycles. The fraction of sp³-hybridized carbons (Fsp3) is 0.273. The summed E-state index contributed by atoms with van der Waals surface area (Å²) >= 11 is 0. The highest BCUT2D eigenvalue weighted by Gasteiger charge is 2.41. The van der Waals surface area contributed by atoms with E-state index in [-0.39, 0.29) is 28.6 Å². The number of hydrogen-bond donors (Lipinski definition) is 2. The van der Waals surface area contributed by atoms with Crippen LogP contribution in [0.25, 0.3) is 0 Å². The smallest absolute Gasteiger partial charge is 0.276 e. The van der Waals surface area contributed by atoms with Crippen LogP contribution < -0.4 is 14.8 Å². The first-order valence-corrected chi connectivity index (χ1v) is 11.6. The highest BCUT2D eigenvalue weighted by molar-refractivity contribution is 7.89. The van der Waals surface area contributed by atoms with Crippen molar-refractivity contribution in [1.82, 2.24) is 14.3 Å². The Hall–Kier alpha value is -3.31. The van der Waals surface area contributed by atoms with Crippen molar-refractivity contribution >= 4 is 21.6 Å². The van der Waals surface area contributed by atoms with Crippen molar-refractivity contribution in [3.8, 4) is 5.75 Å². The molecule has 4 rings (SSSR count). The number of pyridine rings is 1. The van der Waals surface area contributed by atoms with Crippen LogP contribution in [0, 0.1) is 11.6 Å². The van der Waals surface area contributed by atoms with Crippen LogP contribution in [-0.4, -0.2) is 30.5 Å². The van der Waals surface area contributed by atoms with Gasteiger partial charge in [-0.05, 0) is 31.2 Å². The molecule has 0 unspecified atom stereocenters. The first-order valence-electron chi connectivity index (χ1n) is 10.1. The van der Waals surface area contributed by atoms with E-state index in [0.29, 0.717) is 5.69 Å². The maximum atomic E-state index is 13.5. The van der Waals surface area contributed by atoms with Crippen LogP contribution in [0.2, 0.25) is 0 Å². The Balaban J connectivity index is 0.00000149. The van der Waals surface area contributed by atoms with Crippen molar-refractivity contribution in [2.75, 3.05) is 11.9 Å². The van der Waals surface area contributed by atoms with E-state index in [1.165, 1.54) is 30.1 Å². The maximum absolute atomic E-state index is 13.5. The third-order valence-corrected chi connectivity index (χ3v) is 6.47. The summed E-state index contributed by atoms with van der Waals surface area (Å²) < 4.78 is 62.4. The summed E-state index contributed by atoms with van der Waals surface area (Å²) in [5.74, 6) is -3.07. The number of anilines is 1. The van der Waals surface area contributed by atoms with Gasteiger partial charge in [-0.1, -0.05) is 19.9 Å². The van der Waals surface area contributed by atoms with Gasteiger partial charge in [0.15, 0.2) is 23.1 Å². The molecule has 1 aliphatic rings. The van der Waals surface area contributed by atoms with E-state index in [9.17, 15) is 22.0 Å². The van der Waals surface area contributed by atoms with Gasteiger partial charge in [-0.25, -0.2) is 17.2 Å². The normalized spacial score (nSPS) is 18.7. The third-order valence-electron chi connectivity index (χ3n) is 4.88. The molecular weight excluding hydrogens is 454 g/mol. The van der Waals surface area contributed by atoms with Crippen molar-refractivity contribution in [2.24, 2.45) is 7.05 Å². The Morgan fingerprint density at radius 2 is 1.94 bits per heavy atom. The quantitative estimate of drug-likeness (QED) is 0.599. The number of carbonyl (C=O) groups is 1. The number of aromatic nitrogens is 2. The monoisotopic (exact) mass is 478 g/mol. The van der Waals surface area contributed by atoms with Gasteiger partial charge in [-0.2, -0.15) is 4.72 Å². The number of benzene rings is 1. The molecule has 0 bridgehead atoms. The molecule has 2 N–H and O–H groups in total. The van der Waals surface area contributed by atoms with Crippen LogP contribution in [0.15, 0.2) is 53.7 Å². The van der Waals surface area contributed by atoms with E-state index in [4.69, 9.17) is 4.74 Å². The van der Waals surface area contributed by atoms with E-state index in [0.717, 1.165) is 12.1 Å². The molecule has 33 heavy (non-hydrogen) atoms. The predicted octanol–water partition coefficient (Wildman–Crippen LogP) is 3.56. The van der Waals surface area contributed by atoms with Gasteiger partial charge >= 0.3 is 0 Å². The molecule has 176 valence electrons. The largest absolute Gasteiger partial charge is 0.487 e. The maximum Gasteiger partial charge on any atom is 0.276 e. The lowest BCUT2D eigenvalue weighted by molar-refractivity contribution is 0.101. The molecule has 1 aliphatic heterocycles. The summed E-state index contributed by atoms with van der Waals surface area (Å²) in [5, 5.41) is 2.43. The van der Waals surface area contributed by atoms with E-state index in [1.807, 2.05) is 13.8 Å². The van der Waals surface area contributed by atoms with Crippen LogP contribution in [-0.2, 0) is 22.6 Å². The number of hydrogen-bond acceptors (Lipinski definition) is 5. The molecule has 11 heteroatoms. The number of fused-ring (bicyclic) bond motifs is 1. The topological polar surface area (TPSA) is 102 Å². The van der Waals surface area contributed by atoms with Gasteiger partial charge in [0.2, 0.25) is 10.0 Å². The first kappa shape index (κ1) is 24.3. The van der Waals surface area contributed by atoms with Gasteiger partial charge in [-0.3, -0.25) is 9.78 Å². The average molecular weight is 479 g/mol. The zero-order valence-electron chi connectivity index (χ0n) is 18.5. The summed E-state index contributed by atoms with van der Waals surface area (Å²) in [6, 6.07) is 7.98. The summed E-state index contributed by atoms with van der Waals surface area (Å²) in [5.41, 5.74) is -0.818. The van der Waals surface area contributed by atoms with Gasteiger partial charge in [0, 0.05) is 31.2 Å². The zero-order valence-corrected chi connectivity index (χ0v) is 19.3. The molecule has 3 aromatic rings. The minimum Gasteiger partial charge on any atom is -0.487 e. The lowest BCUT2D eigenvalue weighted by atomic mass is 10.00. The Kier molecular flexibility index (Phi) is 6.84. The average Bonchev–Trinajstić information content (AvgIpc) is 3.09. The highest BCUT2D eigenvalue weighted by Crippen LogP contribution is 2.36. The van der Waals surface area contributed by atoms with Gasteiger partial charge in [0.1, 0.15) is 17.0 Å². The Bertz CT molecular complexity index is 1280. The highest BCUT2D eigenvalue weighted by atomic mass is 32.2. The number of nitrogens with zero attached hydrogens (tertiary/aromatic N) is 2. The molecule has 1 aromatic carbocycles. The Labute approximate surface area is 190 Å². The third kappa shape index (κ3) is 4.74. The molecule has 0 aliphatic carbocycles. The number of aryl methyl sites for hydroxylation is 1. The second-order valence-electron chi connectivity index (χ2n) is 7.31. The van der Waals surface area contributed by atoms with E-state index in [2.05, 4.69) is 15.0 Å². The summed E-state index contributed by atoms with van der Waals surface area (Å²) in [6.07, 6.45) is 2.79. The van der Waals surface area contributed by atoms with Gasteiger partial charge in [-0.15, -0.1) is 0 Å². The Morgan fingerprint density at radius 1 is 1.21 bits per heavy atom. The van der Waals surface area contributed by atoms with Crippen LogP contribution in [0.3, 0.4) is 0 Å². The lowest BCUT2D eigenvalue weighted by Gasteiger charge is -2.27. The summed E-state index contributed by atoms with van der Waals surface area (Å²) in [4.78, 5) is 16.9. The number of sulfonamides is 1. The number of carbonyl (C=O) groups excluding carboxylic acids is 1. The number of ether oxygens (including phenoxy) is 1. The number of nitrogens with one attached hydrogen (secondary N) is 2. The van der Waals surface area contributed by atoms with Crippen molar-refractivity contribution < 1.29 is 26.7 Å². The van der Waals surface area contributed by atoms with Crippen molar-refractivity contribution in [3.05, 3.63) is 71.8 Å². The van der Waals surface area contributed by atoms with Crippen LogP contribution >= 0.6 is 0 Å². The molecule has 0 radical (unpaired) electrons. The van der Waals surface area contributed by atoms with E-state index >= 15 is 0 Å². The van der Waals surface area contributed by atoms with E-state index < -0.39 is 33.1 Å². The molecule has 0 spiro atoms. The Morgan fingerprint density at radius 3 is 2.58 bits per heavy atom. The fourth-order valence-electron chi connectivity index (χ4n) is 3.35. The zero-order chi connectivity index (χ0) is 24.4. The minimum absolute atomic E-state index is 0.00628. The molecule has 0 fully saturated rings. The van der Waals surface area contributed by atoms with Crippen molar-refractivity contribution in [3.63, 3.8) is 0 Å². The fourth-order valence-corrected chi connectivity index (χ4v) is 4.91. The van der Waals surface area contributed by atoms with Crippen molar-refractivity contribution in [2.45, 2.75) is 31.2 Å². The summed E-state index contributed by atoms with van der Waals surface area (Å²) in [7, 11) is -2.60. The standard InChI is InChI=1S/C20H18F2N4O4S.C2H6/c1-20(16-5-3-4-8-23-16)11-30-18-15(31(28,29)25-20)10-26(2)17(18)19(27)24-12-6-7-13(21)14(22)9-12;1-2/h3-10,25H,11H2,1-2H3,(H,24,27);1-2H3/t20-;/m1./s1. The molecular formula is C22H24F2N4O4S. The van der Waals surface area contributed by atoms with Crippen LogP contribution in [0.1, 0.15) is 37.0 Å². The number of halogens is 2. The van der Waals surface area contributed by atoms with Crippen LogP contribution in [0.4, 0.5) is 14.5 Å². The van der Waals surface area contributed by atoms with Crippen LogP contribution in [0.5, 0.6) is 5.75 Å². The SMILES string of the molecule is CC.Cn1cc2c(c1C(=O)Nc1ccc(F)c(F)c1)OC[C@](C)(c1ccccn1)NS2(=O)=O. The molecule has 3 heterocycles. The first-order chi connectivity index (χ1) is 15.6. The number of amides is 1. The predicted molar refractivity (Wildman–Crippen MR) is 118 cm³/mol. The van der Waals surface area contributed by atoms with E-state index in [1.54, 1.807) is 25.1 Å². The second-order valence-corrected chi connectivity index (χ2v) is 8.96. The van der Waals surface area contributed by atoms with Gasteiger partial charge in [0.05, 0.1) is 5.69 Å². The lowest BCUT2D eigenvalue weighted by Crippen LogP contribution is -2.46. The van der Waals surface area contributed by atoms with Gasteiger partial charge < -0.3 is 14.6 Å². The molecule has 0 saturated carbocycles. The second kappa shape index (κ2) is 9.28. The molecule has 2 aromatic heterocycles. The van der Waals surface area contributed by atoms with Crippen molar-refractivity contribution in [1.29, 1.82) is 0 Å². The molecule has 1 atom stereocenters.